The van der Waals surface area contributed by atoms with Gasteiger partial charge in [-0.15, -0.1) is 6.58 Å². The van der Waals surface area contributed by atoms with Gasteiger partial charge in [0.25, 0.3) is 15.7 Å². The van der Waals surface area contributed by atoms with Crippen LogP contribution in [0.1, 0.15) is 18.4 Å². The number of nitrogens with one attached hydrogen (secondary N) is 1. The van der Waals surface area contributed by atoms with Crippen LogP contribution in [0.2, 0.25) is 0 Å². The van der Waals surface area contributed by atoms with E-state index in [1.54, 1.807) is 12.1 Å². The lowest BCUT2D eigenvalue weighted by molar-refractivity contribution is -0.384. The summed E-state index contributed by atoms with van der Waals surface area (Å²) in [5.74, 6) is -0.567. The van der Waals surface area contributed by atoms with E-state index in [-0.39, 0.29) is 28.6 Å². The summed E-state index contributed by atoms with van der Waals surface area (Å²) >= 11 is 0. The summed E-state index contributed by atoms with van der Waals surface area (Å²) in [4.78, 5) is 17.2. The Morgan fingerprint density at radius 1 is 1.11 bits per heavy atom. The lowest BCUT2D eigenvalue weighted by Crippen LogP contribution is -2.35. The van der Waals surface area contributed by atoms with Crippen LogP contribution in [-0.2, 0) is 24.9 Å². The van der Waals surface area contributed by atoms with Gasteiger partial charge >= 0.3 is 0 Å². The Morgan fingerprint density at radius 3 is 2.20 bits per heavy atom. The monoisotopic (exact) mass is 527 g/mol. The van der Waals surface area contributed by atoms with Crippen molar-refractivity contribution in [1.82, 2.24) is 9.19 Å². The number of nitrogens with zero attached hydrogens (tertiary/aromatic N) is 2. The molecule has 0 radical (unpaired) electrons. The molecule has 0 spiro atoms. The summed E-state index contributed by atoms with van der Waals surface area (Å²) in [5, 5.41) is 20.5. The van der Waals surface area contributed by atoms with Gasteiger partial charge < -0.3 is 5.11 Å². The Kier molecular flexibility index (Phi) is 10.1. The highest BCUT2D eigenvalue weighted by Gasteiger charge is 2.25. The molecule has 2 aromatic carbocycles. The van der Waals surface area contributed by atoms with Gasteiger partial charge in [-0.3, -0.25) is 15.0 Å². The molecule has 13 heteroatoms. The third-order valence-corrected chi connectivity index (χ3v) is 8.44. The Bertz CT molecular complexity index is 1210. The maximum Gasteiger partial charge on any atom is 0.269 e. The number of aryl methyl sites for hydroxylation is 1. The van der Waals surface area contributed by atoms with Gasteiger partial charge in [0.1, 0.15) is 6.10 Å². The summed E-state index contributed by atoms with van der Waals surface area (Å²) in [6.07, 6.45) is 1.11. The third-order valence-electron chi connectivity index (χ3n) is 5.36. The van der Waals surface area contributed by atoms with Gasteiger partial charge in [0, 0.05) is 38.2 Å². The first-order chi connectivity index (χ1) is 16.4. The second kappa shape index (κ2) is 12.3. The van der Waals surface area contributed by atoms with Crippen LogP contribution in [0.15, 0.2) is 71.0 Å². The van der Waals surface area contributed by atoms with Crippen LogP contribution in [0.4, 0.5) is 5.69 Å². The zero-order chi connectivity index (χ0) is 26.2. The predicted molar refractivity (Wildman–Crippen MR) is 129 cm³/mol. The fourth-order valence-corrected chi connectivity index (χ4v) is 5.23. The summed E-state index contributed by atoms with van der Waals surface area (Å²) in [7, 11) is -6.36. The average molecular weight is 528 g/mol. The van der Waals surface area contributed by atoms with E-state index in [4.69, 9.17) is 4.84 Å². The van der Waals surface area contributed by atoms with Gasteiger partial charge in [-0.1, -0.05) is 28.7 Å². The van der Waals surface area contributed by atoms with Crippen molar-refractivity contribution in [2.45, 2.75) is 35.7 Å². The van der Waals surface area contributed by atoms with Gasteiger partial charge in [-0.05, 0) is 44.0 Å². The second-order valence-corrected chi connectivity index (χ2v) is 11.6. The molecule has 0 fully saturated rings. The first-order valence-corrected chi connectivity index (χ1v) is 13.5. The van der Waals surface area contributed by atoms with Crippen LogP contribution in [0.3, 0.4) is 0 Å². The van der Waals surface area contributed by atoms with E-state index in [2.05, 4.69) is 6.58 Å². The largest absolute Gasteiger partial charge is 0.396 e. The average Bonchev–Trinajstić information content (AvgIpc) is 2.83. The normalized spacial score (nSPS) is 13.9. The summed E-state index contributed by atoms with van der Waals surface area (Å²) in [6, 6.07) is 10.8. The molecule has 0 aliphatic rings. The van der Waals surface area contributed by atoms with Crippen LogP contribution in [0.25, 0.3) is 0 Å². The molecule has 0 amide bonds. The predicted octanol–water partition coefficient (Wildman–Crippen LogP) is 2.38. The summed E-state index contributed by atoms with van der Waals surface area (Å²) in [5.41, 5.74) is 0.681. The smallest absolute Gasteiger partial charge is 0.269 e. The van der Waals surface area contributed by atoms with Crippen molar-refractivity contribution >= 4 is 25.7 Å². The van der Waals surface area contributed by atoms with E-state index < -0.39 is 37.0 Å². The Morgan fingerprint density at radius 2 is 1.69 bits per heavy atom. The SMILES string of the molecule is C=C[C@H](ONS(=O)(=O)c1ccc([N+](=O)[O-])cc1)[C@H](CO)CCCN(C)S(=O)(=O)c1ccc(C)cc1. The van der Waals surface area contributed by atoms with Crippen molar-refractivity contribution in [3.8, 4) is 0 Å². The van der Waals surface area contributed by atoms with Crippen LogP contribution in [0.5, 0.6) is 0 Å². The first-order valence-electron chi connectivity index (χ1n) is 10.6. The molecule has 0 aliphatic heterocycles. The number of benzene rings is 2. The van der Waals surface area contributed by atoms with Crippen molar-refractivity contribution in [2.75, 3.05) is 20.2 Å². The number of hydrogen-bond donors (Lipinski definition) is 2. The van der Waals surface area contributed by atoms with Crippen LogP contribution >= 0.6 is 0 Å². The molecule has 0 saturated heterocycles. The van der Waals surface area contributed by atoms with Gasteiger partial charge in [-0.2, -0.15) is 0 Å². The van der Waals surface area contributed by atoms with Crippen LogP contribution in [-0.4, -0.2) is 57.5 Å². The number of aliphatic hydroxyl groups is 1. The molecule has 11 nitrogen and oxygen atoms in total. The van der Waals surface area contributed by atoms with E-state index >= 15 is 0 Å². The van der Waals surface area contributed by atoms with E-state index in [9.17, 15) is 32.1 Å². The molecule has 0 aromatic heterocycles. The van der Waals surface area contributed by atoms with Gasteiger partial charge in [0.05, 0.1) is 14.7 Å². The highest BCUT2D eigenvalue weighted by atomic mass is 32.2. The minimum Gasteiger partial charge on any atom is -0.396 e. The quantitative estimate of drug-likeness (QED) is 0.215. The second-order valence-electron chi connectivity index (χ2n) is 7.88. The molecule has 192 valence electrons. The van der Waals surface area contributed by atoms with Crippen LogP contribution < -0.4 is 4.89 Å². The van der Waals surface area contributed by atoms with Gasteiger partial charge in [0.2, 0.25) is 10.0 Å². The van der Waals surface area contributed by atoms with Crippen molar-refractivity contribution in [3.05, 3.63) is 76.9 Å². The number of aliphatic hydroxyl groups excluding tert-OH is 1. The number of non-ortho nitro benzene ring substituents is 1. The van der Waals surface area contributed by atoms with E-state index in [0.29, 0.717) is 12.8 Å². The Labute approximate surface area is 205 Å². The molecule has 0 saturated carbocycles. The maximum atomic E-state index is 12.7. The molecule has 35 heavy (non-hydrogen) atoms. The van der Waals surface area contributed by atoms with Crippen LogP contribution in [0, 0.1) is 23.0 Å². The molecule has 0 bridgehead atoms. The third kappa shape index (κ3) is 7.65. The molecule has 2 rings (SSSR count). The first kappa shape index (κ1) is 28.6. The van der Waals surface area contributed by atoms with Crippen molar-refractivity contribution < 1.29 is 31.7 Å². The highest BCUT2D eigenvalue weighted by molar-refractivity contribution is 7.89. The minimum atomic E-state index is -4.15. The molecule has 0 unspecified atom stereocenters. The topological polar surface area (TPSA) is 156 Å². The molecule has 2 N–H and O–H groups in total. The lowest BCUT2D eigenvalue weighted by Gasteiger charge is -2.24. The zero-order valence-electron chi connectivity index (χ0n) is 19.4. The lowest BCUT2D eigenvalue weighted by atomic mass is 9.97. The number of nitro benzene ring substituents is 1. The van der Waals surface area contributed by atoms with Crippen molar-refractivity contribution in [2.24, 2.45) is 5.92 Å². The Hall–Kier alpha value is -2.68. The number of rotatable bonds is 14. The number of sulfonamides is 2. The van der Waals surface area contributed by atoms with Gasteiger partial charge in [-0.25, -0.2) is 21.1 Å². The standard InChI is InChI=1S/C22H29N3O8S2/c1-4-22(33-23-34(29,30)20-13-9-19(10-14-20)25(27)28)18(16-26)6-5-15-24(3)35(31,32)21-11-7-17(2)8-12-21/h4,7-14,18,22-23,26H,1,5-6,15-16H2,2-3H3/t18-,22-/m0/s1. The van der Waals surface area contributed by atoms with E-state index in [1.165, 1.54) is 29.6 Å². The molecular weight excluding hydrogens is 498 g/mol. The minimum absolute atomic E-state index is 0.172. The molecular formula is C22H29N3O8S2. The van der Waals surface area contributed by atoms with E-state index in [1.807, 2.05) is 11.8 Å². The summed E-state index contributed by atoms with van der Waals surface area (Å²) < 4.78 is 51.5. The number of hydrogen-bond acceptors (Lipinski definition) is 8. The molecule has 0 aliphatic carbocycles. The van der Waals surface area contributed by atoms with Crippen molar-refractivity contribution in [3.63, 3.8) is 0 Å². The fourth-order valence-electron chi connectivity index (χ4n) is 3.20. The van der Waals surface area contributed by atoms with Crippen molar-refractivity contribution in [1.29, 1.82) is 0 Å². The fraction of sp³-hybridized carbons (Fsp3) is 0.364. The van der Waals surface area contributed by atoms with E-state index in [0.717, 1.165) is 29.8 Å². The molecule has 2 aromatic rings. The molecule has 2 atom stereocenters. The highest BCUT2D eigenvalue weighted by Crippen LogP contribution is 2.20. The molecule has 0 heterocycles. The van der Waals surface area contributed by atoms with Gasteiger partial charge in [0.15, 0.2) is 0 Å². The Balaban J connectivity index is 1.96. The maximum absolute atomic E-state index is 12.7. The summed E-state index contributed by atoms with van der Waals surface area (Å²) in [6.45, 7) is 5.29. The number of nitro groups is 1. The zero-order valence-corrected chi connectivity index (χ0v) is 21.0.